The highest BCUT2D eigenvalue weighted by Crippen LogP contribution is 2.29. The summed E-state index contributed by atoms with van der Waals surface area (Å²) in [6, 6.07) is 6.95. The molecule has 3 nitrogen and oxygen atoms in total. The molecule has 0 aliphatic carbocycles. The van der Waals surface area contributed by atoms with Crippen molar-refractivity contribution in [3.63, 3.8) is 0 Å². The van der Waals surface area contributed by atoms with Gasteiger partial charge in [0.05, 0.1) is 4.34 Å². The molecule has 19 heavy (non-hydrogen) atoms. The van der Waals surface area contributed by atoms with Gasteiger partial charge in [0.15, 0.2) is 0 Å². The molecule has 0 amide bonds. The van der Waals surface area contributed by atoms with Crippen molar-refractivity contribution >= 4 is 44.3 Å². The summed E-state index contributed by atoms with van der Waals surface area (Å²) in [6.07, 6.45) is 1.58. The van der Waals surface area contributed by atoms with E-state index >= 15 is 0 Å². The van der Waals surface area contributed by atoms with Crippen LogP contribution in [0.15, 0.2) is 46.5 Å². The normalized spacial score (nSPS) is 11.9. The lowest BCUT2D eigenvalue weighted by atomic mass is 10.4. The Kier molecular flexibility index (Phi) is 4.81. The highest BCUT2D eigenvalue weighted by Gasteiger charge is 2.25. The van der Waals surface area contributed by atoms with E-state index in [1.54, 1.807) is 12.1 Å². The third-order valence-electron chi connectivity index (χ3n) is 2.39. The number of hydrogen-bond donors (Lipinski definition) is 0. The summed E-state index contributed by atoms with van der Waals surface area (Å²) in [7, 11) is -3.52. The number of thiophene rings is 2. The standard InChI is InChI=1S/C12H12ClNO2S3/c1-2-7-14(9-10-4-3-8-17-10)19(15,16)12-6-5-11(13)18-12/h2-6,8H,1,7,9H2. The molecular formula is C12H12ClNO2S3. The van der Waals surface area contributed by atoms with Crippen LogP contribution >= 0.6 is 34.3 Å². The van der Waals surface area contributed by atoms with Gasteiger partial charge in [-0.25, -0.2) is 8.42 Å². The minimum absolute atomic E-state index is 0.260. The van der Waals surface area contributed by atoms with Gasteiger partial charge >= 0.3 is 0 Å². The zero-order valence-electron chi connectivity index (χ0n) is 9.95. The molecule has 0 aliphatic heterocycles. The zero-order chi connectivity index (χ0) is 13.9. The zero-order valence-corrected chi connectivity index (χ0v) is 13.2. The molecule has 2 heterocycles. The lowest BCUT2D eigenvalue weighted by Gasteiger charge is -2.18. The first-order chi connectivity index (χ1) is 9.04. The summed E-state index contributed by atoms with van der Waals surface area (Å²) in [5.74, 6) is 0. The summed E-state index contributed by atoms with van der Waals surface area (Å²) in [5.41, 5.74) is 0. The molecule has 0 bridgehead atoms. The average molecular weight is 334 g/mol. The van der Waals surface area contributed by atoms with E-state index in [9.17, 15) is 8.42 Å². The van der Waals surface area contributed by atoms with E-state index in [2.05, 4.69) is 6.58 Å². The fraction of sp³-hybridized carbons (Fsp3) is 0.167. The Morgan fingerprint density at radius 2 is 2.16 bits per heavy atom. The van der Waals surface area contributed by atoms with Crippen molar-refractivity contribution < 1.29 is 8.42 Å². The third-order valence-corrected chi connectivity index (χ3v) is 6.76. The maximum absolute atomic E-state index is 12.5. The first-order valence-electron chi connectivity index (χ1n) is 5.43. The fourth-order valence-corrected chi connectivity index (χ4v) is 5.36. The predicted molar refractivity (Wildman–Crippen MR) is 81.4 cm³/mol. The molecule has 0 saturated heterocycles. The van der Waals surface area contributed by atoms with Crippen LogP contribution in [0.1, 0.15) is 4.88 Å². The number of nitrogens with zero attached hydrogens (tertiary/aromatic N) is 1. The molecule has 2 aromatic heterocycles. The highest BCUT2D eigenvalue weighted by atomic mass is 35.5. The van der Waals surface area contributed by atoms with Gasteiger partial charge in [0.25, 0.3) is 10.0 Å². The molecular weight excluding hydrogens is 322 g/mol. The van der Waals surface area contributed by atoms with Crippen LogP contribution in [0.5, 0.6) is 0 Å². The highest BCUT2D eigenvalue weighted by molar-refractivity contribution is 7.91. The van der Waals surface area contributed by atoms with Gasteiger partial charge in [-0.3, -0.25) is 0 Å². The fourth-order valence-electron chi connectivity index (χ4n) is 1.53. The van der Waals surface area contributed by atoms with Crippen LogP contribution in [0.25, 0.3) is 0 Å². The molecule has 0 unspecified atom stereocenters. The second-order valence-corrected chi connectivity index (χ2v) is 8.64. The van der Waals surface area contributed by atoms with Crippen LogP contribution in [0.4, 0.5) is 0 Å². The van der Waals surface area contributed by atoms with Crippen LogP contribution in [-0.2, 0) is 16.6 Å². The van der Waals surface area contributed by atoms with Crippen molar-refractivity contribution in [1.29, 1.82) is 0 Å². The van der Waals surface area contributed by atoms with E-state index in [0.29, 0.717) is 10.9 Å². The first kappa shape index (κ1) is 14.7. The van der Waals surface area contributed by atoms with Gasteiger partial charge < -0.3 is 0 Å². The van der Waals surface area contributed by atoms with Gasteiger partial charge in [-0.2, -0.15) is 4.31 Å². The van der Waals surface area contributed by atoms with Crippen molar-refractivity contribution in [1.82, 2.24) is 4.31 Å². The molecule has 0 spiro atoms. The lowest BCUT2D eigenvalue weighted by molar-refractivity contribution is 0.443. The minimum atomic E-state index is -3.52. The Balaban J connectivity index is 2.30. The van der Waals surface area contributed by atoms with E-state index in [4.69, 9.17) is 11.6 Å². The van der Waals surface area contributed by atoms with E-state index in [-0.39, 0.29) is 10.8 Å². The van der Waals surface area contributed by atoms with Crippen LogP contribution in [-0.4, -0.2) is 19.3 Å². The second kappa shape index (κ2) is 6.19. The van der Waals surface area contributed by atoms with E-state index in [1.165, 1.54) is 21.7 Å². The second-order valence-electron chi connectivity index (χ2n) is 3.72. The van der Waals surface area contributed by atoms with Crippen LogP contribution in [0.3, 0.4) is 0 Å². The number of sulfonamides is 1. The number of rotatable bonds is 6. The summed E-state index contributed by atoms with van der Waals surface area (Å²) in [4.78, 5) is 0.994. The van der Waals surface area contributed by atoms with E-state index in [0.717, 1.165) is 16.2 Å². The number of hydrogen-bond acceptors (Lipinski definition) is 4. The van der Waals surface area contributed by atoms with Crippen molar-refractivity contribution in [3.8, 4) is 0 Å². The van der Waals surface area contributed by atoms with Gasteiger partial charge in [-0.05, 0) is 23.6 Å². The molecule has 0 radical (unpaired) electrons. The summed E-state index contributed by atoms with van der Waals surface area (Å²) >= 11 is 8.41. The van der Waals surface area contributed by atoms with Gasteiger partial charge in [0.1, 0.15) is 4.21 Å². The van der Waals surface area contributed by atoms with Gasteiger partial charge in [-0.15, -0.1) is 29.3 Å². The molecule has 0 aliphatic rings. The minimum Gasteiger partial charge on any atom is -0.206 e. The topological polar surface area (TPSA) is 37.4 Å². The monoisotopic (exact) mass is 333 g/mol. The molecule has 0 N–H and O–H groups in total. The molecule has 0 atom stereocenters. The Hall–Kier alpha value is -0.660. The smallest absolute Gasteiger partial charge is 0.206 e. The van der Waals surface area contributed by atoms with Crippen LogP contribution in [0, 0.1) is 0 Å². The van der Waals surface area contributed by atoms with E-state index < -0.39 is 10.0 Å². The molecule has 2 aromatic rings. The molecule has 102 valence electrons. The molecule has 0 aromatic carbocycles. The van der Waals surface area contributed by atoms with Crippen molar-refractivity contribution in [3.05, 3.63) is 51.5 Å². The quantitative estimate of drug-likeness (QED) is 0.753. The first-order valence-corrected chi connectivity index (χ1v) is 8.94. The van der Waals surface area contributed by atoms with Gasteiger partial charge in [-0.1, -0.05) is 23.7 Å². The van der Waals surface area contributed by atoms with E-state index in [1.807, 2.05) is 17.5 Å². The molecule has 7 heteroatoms. The SMILES string of the molecule is C=CCN(Cc1cccs1)S(=O)(=O)c1ccc(Cl)s1. The van der Waals surface area contributed by atoms with Gasteiger partial charge in [0.2, 0.25) is 0 Å². The largest absolute Gasteiger partial charge is 0.253 e. The van der Waals surface area contributed by atoms with Crippen LogP contribution in [0.2, 0.25) is 4.34 Å². The Morgan fingerprint density at radius 1 is 1.37 bits per heavy atom. The van der Waals surface area contributed by atoms with Gasteiger partial charge in [0, 0.05) is 18.0 Å². The molecule has 2 rings (SSSR count). The molecule has 0 saturated carbocycles. The summed E-state index contributed by atoms with van der Waals surface area (Å²) in [6.45, 7) is 4.24. The average Bonchev–Trinajstić information content (AvgIpc) is 3.00. The number of halogens is 1. The van der Waals surface area contributed by atoms with Crippen molar-refractivity contribution in [2.75, 3.05) is 6.54 Å². The Labute approximate surface area is 125 Å². The maximum Gasteiger partial charge on any atom is 0.253 e. The molecule has 0 fully saturated rings. The lowest BCUT2D eigenvalue weighted by Crippen LogP contribution is -2.29. The van der Waals surface area contributed by atoms with Crippen molar-refractivity contribution in [2.45, 2.75) is 10.8 Å². The summed E-state index contributed by atoms with van der Waals surface area (Å²) in [5, 5.41) is 1.93. The Bertz CT molecular complexity index is 646. The summed E-state index contributed by atoms with van der Waals surface area (Å²) < 4.78 is 27.1. The predicted octanol–water partition coefficient (Wildman–Crippen LogP) is 3.84. The Morgan fingerprint density at radius 3 is 2.68 bits per heavy atom. The van der Waals surface area contributed by atoms with Crippen LogP contribution < -0.4 is 0 Å². The van der Waals surface area contributed by atoms with Crippen molar-refractivity contribution in [2.24, 2.45) is 0 Å². The third kappa shape index (κ3) is 3.46. The maximum atomic E-state index is 12.5.